The smallest absolute Gasteiger partial charge is 0.405 e. The van der Waals surface area contributed by atoms with Gasteiger partial charge in [0, 0.05) is 5.56 Å². The van der Waals surface area contributed by atoms with Gasteiger partial charge in [-0.2, -0.15) is 0 Å². The zero-order chi connectivity index (χ0) is 16.1. The SMILES string of the molecule is CC1(C)C(C(NN)c2ccccc2OC(F)(F)F)C1(C)C. The summed E-state index contributed by atoms with van der Waals surface area (Å²) < 4.78 is 41.7. The van der Waals surface area contributed by atoms with Gasteiger partial charge < -0.3 is 4.74 Å². The van der Waals surface area contributed by atoms with Crippen LogP contribution in [0.3, 0.4) is 0 Å². The Morgan fingerprint density at radius 1 is 1.14 bits per heavy atom. The molecule has 1 aromatic rings. The highest BCUT2D eigenvalue weighted by molar-refractivity contribution is 5.39. The number of hydrogen-bond donors (Lipinski definition) is 2. The Kier molecular flexibility index (Phi) is 3.74. The summed E-state index contributed by atoms with van der Waals surface area (Å²) in [5.41, 5.74) is 3.06. The van der Waals surface area contributed by atoms with Gasteiger partial charge in [0.15, 0.2) is 0 Å². The fraction of sp³-hybridized carbons (Fsp3) is 0.600. The molecular formula is C15H21F3N2O. The molecule has 0 aromatic heterocycles. The van der Waals surface area contributed by atoms with E-state index < -0.39 is 12.4 Å². The van der Waals surface area contributed by atoms with Crippen LogP contribution in [0.4, 0.5) is 13.2 Å². The minimum absolute atomic E-state index is 0.0185. The molecular weight excluding hydrogens is 281 g/mol. The molecule has 1 aliphatic rings. The van der Waals surface area contributed by atoms with Crippen LogP contribution < -0.4 is 16.0 Å². The number of halogens is 3. The number of hydrogen-bond acceptors (Lipinski definition) is 3. The van der Waals surface area contributed by atoms with Crippen molar-refractivity contribution in [3.05, 3.63) is 29.8 Å². The Balaban J connectivity index is 2.37. The maximum atomic E-state index is 12.5. The van der Waals surface area contributed by atoms with Crippen molar-refractivity contribution in [2.24, 2.45) is 22.6 Å². The number of rotatable bonds is 4. The average molecular weight is 302 g/mol. The number of benzene rings is 1. The topological polar surface area (TPSA) is 47.3 Å². The van der Waals surface area contributed by atoms with Gasteiger partial charge in [-0.05, 0) is 22.8 Å². The molecule has 118 valence electrons. The molecule has 0 saturated heterocycles. The summed E-state index contributed by atoms with van der Waals surface area (Å²) in [7, 11) is 0. The zero-order valence-electron chi connectivity index (χ0n) is 12.6. The van der Waals surface area contributed by atoms with Crippen molar-refractivity contribution in [1.29, 1.82) is 0 Å². The normalized spacial score (nSPS) is 21.9. The molecule has 6 heteroatoms. The van der Waals surface area contributed by atoms with Gasteiger partial charge in [0.2, 0.25) is 0 Å². The van der Waals surface area contributed by atoms with Crippen LogP contribution in [0.2, 0.25) is 0 Å². The van der Waals surface area contributed by atoms with E-state index in [-0.39, 0.29) is 22.5 Å². The second-order valence-corrected chi connectivity index (χ2v) is 6.65. The molecule has 1 aliphatic carbocycles. The molecule has 1 aromatic carbocycles. The summed E-state index contributed by atoms with van der Waals surface area (Å²) in [4.78, 5) is 0. The van der Waals surface area contributed by atoms with Crippen molar-refractivity contribution >= 4 is 0 Å². The lowest BCUT2D eigenvalue weighted by Crippen LogP contribution is -2.32. The van der Waals surface area contributed by atoms with Gasteiger partial charge in [-0.3, -0.25) is 11.3 Å². The van der Waals surface area contributed by atoms with Gasteiger partial charge >= 0.3 is 6.36 Å². The first-order chi connectivity index (χ1) is 9.52. The Morgan fingerprint density at radius 3 is 2.10 bits per heavy atom. The predicted molar refractivity (Wildman–Crippen MR) is 74.2 cm³/mol. The summed E-state index contributed by atoms with van der Waals surface area (Å²) in [5, 5.41) is 0. The first-order valence-electron chi connectivity index (χ1n) is 6.83. The fourth-order valence-corrected chi connectivity index (χ4v) is 3.40. The lowest BCUT2D eigenvalue weighted by atomic mass is 9.96. The summed E-state index contributed by atoms with van der Waals surface area (Å²) >= 11 is 0. The Morgan fingerprint density at radius 2 is 1.67 bits per heavy atom. The maximum Gasteiger partial charge on any atom is 0.573 e. The van der Waals surface area contributed by atoms with Gasteiger partial charge in [0.25, 0.3) is 0 Å². The van der Waals surface area contributed by atoms with Crippen LogP contribution in [-0.4, -0.2) is 6.36 Å². The molecule has 1 saturated carbocycles. The lowest BCUT2D eigenvalue weighted by Gasteiger charge is -2.22. The van der Waals surface area contributed by atoms with Crippen molar-refractivity contribution in [3.63, 3.8) is 0 Å². The maximum absolute atomic E-state index is 12.5. The van der Waals surface area contributed by atoms with E-state index in [2.05, 4.69) is 37.9 Å². The third kappa shape index (κ3) is 2.74. The number of ether oxygens (including phenoxy) is 1. The van der Waals surface area contributed by atoms with Crippen LogP contribution in [0.1, 0.15) is 39.3 Å². The molecule has 0 heterocycles. The molecule has 0 spiro atoms. The number of hydrazine groups is 1. The molecule has 0 aliphatic heterocycles. The van der Waals surface area contributed by atoms with Crippen molar-refractivity contribution in [3.8, 4) is 5.75 Å². The van der Waals surface area contributed by atoms with Gasteiger partial charge in [-0.25, -0.2) is 0 Å². The van der Waals surface area contributed by atoms with Gasteiger partial charge in [-0.15, -0.1) is 13.2 Å². The van der Waals surface area contributed by atoms with Crippen molar-refractivity contribution in [1.82, 2.24) is 5.43 Å². The molecule has 2 rings (SSSR count). The molecule has 1 fully saturated rings. The zero-order valence-corrected chi connectivity index (χ0v) is 12.6. The van der Waals surface area contributed by atoms with E-state index >= 15 is 0 Å². The summed E-state index contributed by atoms with van der Waals surface area (Å²) in [6, 6.07) is 5.74. The van der Waals surface area contributed by atoms with E-state index in [1.54, 1.807) is 12.1 Å². The van der Waals surface area contributed by atoms with Crippen LogP contribution in [0.5, 0.6) is 5.75 Å². The number of alkyl halides is 3. The third-order valence-corrected chi connectivity index (χ3v) is 5.13. The summed E-state index contributed by atoms with van der Waals surface area (Å²) in [5.74, 6) is 5.55. The highest BCUT2D eigenvalue weighted by atomic mass is 19.4. The molecule has 3 N–H and O–H groups in total. The fourth-order valence-electron chi connectivity index (χ4n) is 3.40. The quantitative estimate of drug-likeness (QED) is 0.657. The van der Waals surface area contributed by atoms with Crippen LogP contribution in [0.25, 0.3) is 0 Å². The van der Waals surface area contributed by atoms with E-state index in [9.17, 15) is 13.2 Å². The Labute approximate surface area is 122 Å². The summed E-state index contributed by atoms with van der Waals surface area (Å²) in [6.45, 7) is 8.37. The summed E-state index contributed by atoms with van der Waals surface area (Å²) in [6.07, 6.45) is -4.72. The minimum Gasteiger partial charge on any atom is -0.405 e. The van der Waals surface area contributed by atoms with E-state index in [0.29, 0.717) is 5.56 Å². The Hall–Kier alpha value is -1.27. The second-order valence-electron chi connectivity index (χ2n) is 6.65. The second kappa shape index (κ2) is 4.88. The van der Waals surface area contributed by atoms with Crippen molar-refractivity contribution < 1.29 is 17.9 Å². The third-order valence-electron chi connectivity index (χ3n) is 5.13. The monoisotopic (exact) mass is 302 g/mol. The van der Waals surface area contributed by atoms with Crippen molar-refractivity contribution in [2.45, 2.75) is 40.1 Å². The van der Waals surface area contributed by atoms with Gasteiger partial charge in [0.05, 0.1) is 6.04 Å². The predicted octanol–water partition coefficient (Wildman–Crippen LogP) is 3.77. The molecule has 21 heavy (non-hydrogen) atoms. The molecule has 3 nitrogen and oxygen atoms in total. The van der Waals surface area contributed by atoms with Crippen LogP contribution in [0, 0.1) is 16.7 Å². The van der Waals surface area contributed by atoms with Crippen LogP contribution in [-0.2, 0) is 0 Å². The number of nitrogens with one attached hydrogen (secondary N) is 1. The molecule has 1 atom stereocenters. The van der Waals surface area contributed by atoms with E-state index in [1.165, 1.54) is 12.1 Å². The Bertz CT molecular complexity index is 512. The standard InChI is InChI=1S/C15H21F3N2O/c1-13(2)12(14(13,3)4)11(20-19)9-7-5-6-8-10(9)21-15(16,17)18/h5-8,11-12,20H,19H2,1-4H3. The van der Waals surface area contributed by atoms with E-state index in [1.807, 2.05) is 0 Å². The van der Waals surface area contributed by atoms with Crippen LogP contribution >= 0.6 is 0 Å². The molecule has 0 amide bonds. The number of nitrogens with two attached hydrogens (primary N) is 1. The van der Waals surface area contributed by atoms with Crippen molar-refractivity contribution in [2.75, 3.05) is 0 Å². The minimum atomic E-state index is -4.72. The van der Waals surface area contributed by atoms with Gasteiger partial charge in [-0.1, -0.05) is 45.9 Å². The first kappa shape index (κ1) is 16.1. The lowest BCUT2D eigenvalue weighted by molar-refractivity contribution is -0.275. The van der Waals surface area contributed by atoms with E-state index in [4.69, 9.17) is 5.84 Å². The largest absolute Gasteiger partial charge is 0.573 e. The number of para-hydroxylation sites is 1. The van der Waals surface area contributed by atoms with Gasteiger partial charge in [0.1, 0.15) is 5.75 Å². The average Bonchev–Trinajstić information content (AvgIpc) is 2.73. The highest BCUT2D eigenvalue weighted by Gasteiger charge is 2.67. The first-order valence-corrected chi connectivity index (χ1v) is 6.83. The molecule has 0 radical (unpaired) electrons. The highest BCUT2D eigenvalue weighted by Crippen LogP contribution is 2.72. The molecule has 0 bridgehead atoms. The molecule has 1 unspecified atom stereocenters. The van der Waals surface area contributed by atoms with Crippen LogP contribution in [0.15, 0.2) is 24.3 Å². The van der Waals surface area contributed by atoms with E-state index in [0.717, 1.165) is 0 Å².